The van der Waals surface area contributed by atoms with Crippen molar-refractivity contribution in [2.24, 2.45) is 5.73 Å². The van der Waals surface area contributed by atoms with Gasteiger partial charge in [-0.2, -0.15) is 0 Å². The van der Waals surface area contributed by atoms with Gasteiger partial charge in [0, 0.05) is 20.8 Å². The third-order valence-electron chi connectivity index (χ3n) is 3.16. The Balaban J connectivity index is 2.04. The summed E-state index contributed by atoms with van der Waals surface area (Å²) in [5.41, 5.74) is 5.49. The van der Waals surface area contributed by atoms with Gasteiger partial charge < -0.3 is 5.73 Å². The van der Waals surface area contributed by atoms with E-state index in [0.717, 1.165) is 22.2 Å². The summed E-state index contributed by atoms with van der Waals surface area (Å²) in [6.07, 6.45) is 6.10. The number of hydrogen-bond acceptors (Lipinski definition) is 3. The molecule has 2 rings (SSSR count). The predicted molar refractivity (Wildman–Crippen MR) is 74.0 cm³/mol. The van der Waals surface area contributed by atoms with Crippen LogP contribution in [-0.4, -0.2) is 11.9 Å². The molecule has 0 aliphatic heterocycles. The molecule has 1 heterocycles. The highest BCUT2D eigenvalue weighted by atomic mass is 79.9. The molecule has 3 N–H and O–H groups in total. The molecule has 1 aromatic rings. The molecule has 1 saturated carbocycles. The fourth-order valence-corrected chi connectivity index (χ4v) is 3.80. The van der Waals surface area contributed by atoms with Crippen molar-refractivity contribution >= 4 is 33.2 Å². The predicted octanol–water partition coefficient (Wildman–Crippen LogP) is 2.96. The fraction of sp³-hybridized carbons (Fsp3) is 0.583. The smallest absolute Gasteiger partial charge is 0.240 e. The number of carbonyl (C=O) groups excluding carboxylic acids is 1. The minimum Gasteiger partial charge on any atom is -0.368 e. The summed E-state index contributed by atoms with van der Waals surface area (Å²) in [5, 5.41) is 5.38. The van der Waals surface area contributed by atoms with Gasteiger partial charge in [0.25, 0.3) is 0 Å². The third-order valence-corrected chi connectivity index (χ3v) is 4.92. The van der Waals surface area contributed by atoms with E-state index in [9.17, 15) is 4.79 Å². The number of amides is 1. The number of rotatable bonds is 4. The van der Waals surface area contributed by atoms with Crippen molar-refractivity contribution in [1.82, 2.24) is 5.32 Å². The Morgan fingerprint density at radius 2 is 2.18 bits per heavy atom. The van der Waals surface area contributed by atoms with Crippen LogP contribution in [0.2, 0.25) is 0 Å². The highest BCUT2D eigenvalue weighted by Gasteiger charge is 2.24. The lowest BCUT2D eigenvalue weighted by atomic mass is 9.94. The van der Waals surface area contributed by atoms with Crippen LogP contribution in [-0.2, 0) is 4.79 Å². The van der Waals surface area contributed by atoms with Crippen molar-refractivity contribution in [2.75, 3.05) is 0 Å². The summed E-state index contributed by atoms with van der Waals surface area (Å²) in [4.78, 5) is 12.5. The van der Waals surface area contributed by atoms with Crippen molar-refractivity contribution in [1.29, 1.82) is 0 Å². The zero-order valence-corrected chi connectivity index (χ0v) is 12.0. The third kappa shape index (κ3) is 3.53. The van der Waals surface area contributed by atoms with Crippen molar-refractivity contribution in [3.8, 4) is 0 Å². The van der Waals surface area contributed by atoms with Crippen molar-refractivity contribution in [3.63, 3.8) is 0 Å². The first kappa shape index (κ1) is 13.1. The van der Waals surface area contributed by atoms with Gasteiger partial charge in [0.2, 0.25) is 5.91 Å². The summed E-state index contributed by atoms with van der Waals surface area (Å²) >= 11 is 4.97. The molecule has 1 aliphatic rings. The average molecular weight is 317 g/mol. The van der Waals surface area contributed by atoms with E-state index < -0.39 is 0 Å². The number of nitrogens with two attached hydrogens (primary N) is 1. The van der Waals surface area contributed by atoms with E-state index >= 15 is 0 Å². The summed E-state index contributed by atoms with van der Waals surface area (Å²) in [5.74, 6) is -0.287. The van der Waals surface area contributed by atoms with Crippen LogP contribution in [0.1, 0.15) is 43.0 Å². The van der Waals surface area contributed by atoms with Gasteiger partial charge in [0.05, 0.1) is 0 Å². The standard InChI is InChI=1S/C12H17BrN2OS/c13-8-6-10(17-7-8)11(12(14)16)15-9-4-2-1-3-5-9/h6-7,9,11,15H,1-5H2,(H2,14,16). The maximum Gasteiger partial charge on any atom is 0.240 e. The average Bonchev–Trinajstić information content (AvgIpc) is 2.73. The number of primary amides is 1. The lowest BCUT2D eigenvalue weighted by molar-refractivity contribution is -0.120. The molecule has 94 valence electrons. The molecule has 0 spiro atoms. The van der Waals surface area contributed by atoms with Crippen molar-refractivity contribution < 1.29 is 4.79 Å². The molecule has 1 fully saturated rings. The first-order valence-electron chi connectivity index (χ1n) is 5.96. The van der Waals surface area contributed by atoms with Gasteiger partial charge in [0.15, 0.2) is 0 Å². The van der Waals surface area contributed by atoms with Gasteiger partial charge in [-0.05, 0) is 34.8 Å². The normalized spacial score (nSPS) is 19.1. The zero-order valence-electron chi connectivity index (χ0n) is 9.62. The van der Waals surface area contributed by atoms with Crippen LogP contribution in [0.5, 0.6) is 0 Å². The molecule has 3 nitrogen and oxygen atoms in total. The summed E-state index contributed by atoms with van der Waals surface area (Å²) < 4.78 is 1.01. The van der Waals surface area contributed by atoms with Gasteiger partial charge in [-0.25, -0.2) is 0 Å². The maximum atomic E-state index is 11.5. The highest BCUT2D eigenvalue weighted by Crippen LogP contribution is 2.27. The Morgan fingerprint density at radius 3 is 2.71 bits per heavy atom. The largest absolute Gasteiger partial charge is 0.368 e. The molecule has 1 unspecified atom stereocenters. The summed E-state index contributed by atoms with van der Waals surface area (Å²) in [7, 11) is 0. The van der Waals surface area contributed by atoms with Crippen molar-refractivity contribution in [3.05, 3.63) is 20.8 Å². The molecular formula is C12H17BrN2OS. The SMILES string of the molecule is NC(=O)C(NC1CCCCC1)c1cc(Br)cs1. The number of halogens is 1. The fourth-order valence-electron chi connectivity index (χ4n) is 2.29. The van der Waals surface area contributed by atoms with Crippen LogP contribution in [0, 0.1) is 0 Å². The van der Waals surface area contributed by atoms with E-state index in [1.54, 1.807) is 11.3 Å². The Kier molecular flexibility index (Phi) is 4.59. The van der Waals surface area contributed by atoms with Crippen LogP contribution in [0.25, 0.3) is 0 Å². The quantitative estimate of drug-likeness (QED) is 0.897. The maximum absolute atomic E-state index is 11.5. The van der Waals surface area contributed by atoms with E-state index in [-0.39, 0.29) is 11.9 Å². The van der Waals surface area contributed by atoms with Crippen LogP contribution < -0.4 is 11.1 Å². The van der Waals surface area contributed by atoms with E-state index in [1.807, 2.05) is 11.4 Å². The number of nitrogens with one attached hydrogen (secondary N) is 1. The molecule has 1 atom stereocenters. The molecule has 0 aromatic carbocycles. The van der Waals surface area contributed by atoms with Crippen LogP contribution >= 0.6 is 27.3 Å². The molecule has 1 aliphatic carbocycles. The second-order valence-electron chi connectivity index (χ2n) is 4.50. The summed E-state index contributed by atoms with van der Waals surface area (Å²) in [6.45, 7) is 0. The lowest BCUT2D eigenvalue weighted by Crippen LogP contribution is -2.40. The van der Waals surface area contributed by atoms with E-state index in [4.69, 9.17) is 5.73 Å². The molecular weight excluding hydrogens is 300 g/mol. The zero-order chi connectivity index (χ0) is 12.3. The molecule has 5 heteroatoms. The Hall–Kier alpha value is -0.390. The van der Waals surface area contributed by atoms with E-state index in [0.29, 0.717) is 6.04 Å². The van der Waals surface area contributed by atoms with E-state index in [1.165, 1.54) is 19.3 Å². The monoisotopic (exact) mass is 316 g/mol. The minimum atomic E-state index is -0.339. The van der Waals surface area contributed by atoms with Gasteiger partial charge in [-0.15, -0.1) is 11.3 Å². The second-order valence-corrected chi connectivity index (χ2v) is 6.36. The summed E-state index contributed by atoms with van der Waals surface area (Å²) in [6, 6.07) is 2.06. The Bertz CT molecular complexity index is 388. The Morgan fingerprint density at radius 1 is 1.47 bits per heavy atom. The number of hydrogen-bond donors (Lipinski definition) is 2. The number of thiophene rings is 1. The molecule has 0 radical (unpaired) electrons. The molecule has 0 saturated heterocycles. The lowest BCUT2D eigenvalue weighted by Gasteiger charge is -2.26. The molecule has 17 heavy (non-hydrogen) atoms. The van der Waals surface area contributed by atoms with Crippen molar-refractivity contribution in [2.45, 2.75) is 44.2 Å². The second kappa shape index (κ2) is 5.98. The molecule has 1 amide bonds. The van der Waals surface area contributed by atoms with E-state index in [2.05, 4.69) is 21.2 Å². The van der Waals surface area contributed by atoms with Crippen LogP contribution in [0.15, 0.2) is 15.9 Å². The topological polar surface area (TPSA) is 55.1 Å². The van der Waals surface area contributed by atoms with Gasteiger partial charge in [-0.3, -0.25) is 10.1 Å². The minimum absolute atomic E-state index is 0.287. The highest BCUT2D eigenvalue weighted by molar-refractivity contribution is 9.10. The van der Waals surface area contributed by atoms with Crippen LogP contribution in [0.4, 0.5) is 0 Å². The van der Waals surface area contributed by atoms with Gasteiger partial charge in [0.1, 0.15) is 6.04 Å². The number of carbonyl (C=O) groups is 1. The first-order valence-corrected chi connectivity index (χ1v) is 7.63. The molecule has 1 aromatic heterocycles. The molecule has 0 bridgehead atoms. The first-order chi connectivity index (χ1) is 8.16. The van der Waals surface area contributed by atoms with Gasteiger partial charge >= 0.3 is 0 Å². The van der Waals surface area contributed by atoms with Gasteiger partial charge in [-0.1, -0.05) is 19.3 Å². The van der Waals surface area contributed by atoms with Crippen LogP contribution in [0.3, 0.4) is 0 Å². The Labute approximate surface area is 114 Å².